The third kappa shape index (κ3) is 3.47. The van der Waals surface area contributed by atoms with Crippen LogP contribution in [0.3, 0.4) is 0 Å². The quantitative estimate of drug-likeness (QED) is 0.502. The molecule has 2 aliphatic carbocycles. The molecule has 7 heteroatoms. The van der Waals surface area contributed by atoms with Crippen LogP contribution < -0.4 is 0 Å². The molecule has 2 aliphatic rings. The van der Waals surface area contributed by atoms with E-state index in [1.807, 2.05) is 18.2 Å². The van der Waals surface area contributed by atoms with E-state index >= 15 is 0 Å². The molecule has 4 rings (SSSR count). The van der Waals surface area contributed by atoms with Gasteiger partial charge >= 0.3 is 5.76 Å². The molecule has 0 heterocycles. The predicted octanol–water partition coefficient (Wildman–Crippen LogP) is 6.58. The Hall–Kier alpha value is -1.24. The van der Waals surface area contributed by atoms with Gasteiger partial charge in [-0.3, -0.25) is 0 Å². The summed E-state index contributed by atoms with van der Waals surface area (Å²) in [6.45, 7) is 0. The number of hydrogen-bond acceptors (Lipinski definition) is 2. The van der Waals surface area contributed by atoms with Crippen LogP contribution in [0.1, 0.15) is 36.8 Å². The van der Waals surface area contributed by atoms with Crippen LogP contribution in [0.2, 0.25) is 5.02 Å². The molecule has 0 N–H and O–H groups in total. The second-order valence-corrected chi connectivity index (χ2v) is 10.4. The number of allylic oxidation sites excluding steroid dienone is 2. The third-order valence-corrected chi connectivity index (χ3v) is 8.07. The molecule has 0 amide bonds. The second kappa shape index (κ2) is 6.68. The van der Waals surface area contributed by atoms with Gasteiger partial charge < -0.3 is 0 Å². The summed E-state index contributed by atoms with van der Waals surface area (Å²) in [5, 5.41) is 0.640. The summed E-state index contributed by atoms with van der Waals surface area (Å²) in [7, 11) is -4.57. The Kier molecular flexibility index (Phi) is 4.72. The van der Waals surface area contributed by atoms with Gasteiger partial charge in [-0.05, 0) is 93.6 Å². The van der Waals surface area contributed by atoms with Gasteiger partial charge in [-0.25, -0.2) is 8.42 Å². The second-order valence-electron chi connectivity index (χ2n) is 7.27. The lowest BCUT2D eigenvalue weighted by Crippen LogP contribution is -2.11. The molecule has 2 nitrogen and oxygen atoms in total. The zero-order chi connectivity index (χ0) is 19.4. The Balaban J connectivity index is 1.76. The summed E-state index contributed by atoms with van der Waals surface area (Å²) < 4.78 is 49.6. The minimum Gasteiger partial charge on any atom is -0.218 e. The number of alkyl halides is 2. The van der Waals surface area contributed by atoms with Crippen molar-refractivity contribution in [3.05, 3.63) is 63.1 Å². The third-order valence-electron chi connectivity index (χ3n) is 5.46. The molecule has 0 aromatic heterocycles. The van der Waals surface area contributed by atoms with Crippen molar-refractivity contribution >= 4 is 48.5 Å². The van der Waals surface area contributed by atoms with Crippen molar-refractivity contribution in [2.45, 2.75) is 36.3 Å². The SMILES string of the molecule is O=S(=O)(c1ccc(C2=C(c3ccc(Cl)c(Br)c3)CC3(CC3)C2)cc1)C(F)F. The van der Waals surface area contributed by atoms with Gasteiger partial charge in [0.2, 0.25) is 9.84 Å². The van der Waals surface area contributed by atoms with Gasteiger partial charge in [0, 0.05) is 4.47 Å². The average Bonchev–Trinajstić information content (AvgIpc) is 3.28. The lowest BCUT2D eigenvalue weighted by molar-refractivity contribution is 0.234. The van der Waals surface area contributed by atoms with Crippen LogP contribution in [0, 0.1) is 5.41 Å². The Morgan fingerprint density at radius 1 is 0.963 bits per heavy atom. The highest BCUT2D eigenvalue weighted by atomic mass is 79.9. The number of benzene rings is 2. The fraction of sp³-hybridized carbons (Fsp3) is 0.300. The van der Waals surface area contributed by atoms with E-state index in [0.717, 1.165) is 34.0 Å². The molecule has 1 saturated carbocycles. The van der Waals surface area contributed by atoms with Crippen molar-refractivity contribution in [2.75, 3.05) is 0 Å². The Bertz CT molecular complexity index is 1040. The zero-order valence-corrected chi connectivity index (χ0v) is 17.3. The van der Waals surface area contributed by atoms with E-state index in [9.17, 15) is 17.2 Å². The van der Waals surface area contributed by atoms with Gasteiger partial charge in [-0.2, -0.15) is 8.78 Å². The molecule has 0 unspecified atom stereocenters. The molecule has 27 heavy (non-hydrogen) atoms. The summed E-state index contributed by atoms with van der Waals surface area (Å²) in [5.41, 5.74) is 4.63. The maximum absolute atomic E-state index is 12.8. The molecule has 1 spiro atoms. The standard InChI is InChI=1S/C20H16BrClF2O2S/c21-17-9-13(3-6-18(17)22)16-11-20(7-8-20)10-15(16)12-1-4-14(5-2-12)27(25,26)19(23)24/h1-6,9,19H,7-8,10-11H2. The molecular formula is C20H16BrClF2O2S. The lowest BCUT2D eigenvalue weighted by Gasteiger charge is -2.10. The number of hydrogen-bond donors (Lipinski definition) is 0. The molecule has 142 valence electrons. The van der Waals surface area contributed by atoms with Crippen molar-refractivity contribution in [3.8, 4) is 0 Å². The van der Waals surface area contributed by atoms with Crippen molar-refractivity contribution in [1.82, 2.24) is 0 Å². The number of sulfone groups is 1. The van der Waals surface area contributed by atoms with Crippen LogP contribution in [-0.2, 0) is 9.84 Å². The minimum absolute atomic E-state index is 0.296. The van der Waals surface area contributed by atoms with E-state index < -0.39 is 15.6 Å². The Labute approximate surface area is 170 Å². The summed E-state index contributed by atoms with van der Waals surface area (Å²) in [4.78, 5) is -0.350. The van der Waals surface area contributed by atoms with Gasteiger partial charge in [0.25, 0.3) is 0 Å². The van der Waals surface area contributed by atoms with Crippen LogP contribution >= 0.6 is 27.5 Å². The van der Waals surface area contributed by atoms with Gasteiger partial charge in [0.05, 0.1) is 9.92 Å². The van der Waals surface area contributed by atoms with Crippen molar-refractivity contribution in [2.24, 2.45) is 5.41 Å². The van der Waals surface area contributed by atoms with Gasteiger partial charge in [-0.1, -0.05) is 29.8 Å². The number of rotatable bonds is 4. The van der Waals surface area contributed by atoms with Crippen LogP contribution in [-0.4, -0.2) is 14.2 Å². The first-order chi connectivity index (χ1) is 12.7. The Morgan fingerprint density at radius 3 is 2.04 bits per heavy atom. The van der Waals surface area contributed by atoms with E-state index in [2.05, 4.69) is 15.9 Å². The maximum atomic E-state index is 12.8. The van der Waals surface area contributed by atoms with Crippen LogP contribution in [0.15, 0.2) is 51.8 Å². The Morgan fingerprint density at radius 2 is 1.52 bits per heavy atom. The predicted molar refractivity (Wildman–Crippen MR) is 106 cm³/mol. The summed E-state index contributed by atoms with van der Waals surface area (Å²) in [5.74, 6) is -3.41. The van der Waals surface area contributed by atoms with Crippen molar-refractivity contribution in [1.29, 1.82) is 0 Å². The van der Waals surface area contributed by atoms with E-state index in [-0.39, 0.29) is 4.90 Å². The molecule has 0 atom stereocenters. The maximum Gasteiger partial charge on any atom is 0.341 e. The monoisotopic (exact) mass is 472 g/mol. The zero-order valence-electron chi connectivity index (χ0n) is 14.2. The van der Waals surface area contributed by atoms with Crippen molar-refractivity contribution < 1.29 is 17.2 Å². The van der Waals surface area contributed by atoms with E-state index in [4.69, 9.17) is 11.6 Å². The first kappa shape index (κ1) is 19.1. The van der Waals surface area contributed by atoms with Gasteiger partial charge in [0.15, 0.2) is 0 Å². The minimum atomic E-state index is -4.57. The first-order valence-corrected chi connectivity index (χ1v) is 11.2. The highest BCUT2D eigenvalue weighted by molar-refractivity contribution is 9.10. The molecule has 2 aromatic rings. The topological polar surface area (TPSA) is 34.1 Å². The highest BCUT2D eigenvalue weighted by Gasteiger charge is 2.48. The lowest BCUT2D eigenvalue weighted by atomic mass is 9.97. The van der Waals surface area contributed by atoms with Crippen LogP contribution in [0.25, 0.3) is 11.1 Å². The smallest absolute Gasteiger partial charge is 0.218 e. The molecule has 0 aliphatic heterocycles. The molecule has 2 aromatic carbocycles. The van der Waals surface area contributed by atoms with E-state index in [1.54, 1.807) is 12.1 Å². The highest BCUT2D eigenvalue weighted by Crippen LogP contribution is 2.63. The van der Waals surface area contributed by atoms with E-state index in [1.165, 1.54) is 30.5 Å². The summed E-state index contributed by atoms with van der Waals surface area (Å²) >= 11 is 9.58. The number of halogens is 4. The molecular weight excluding hydrogens is 458 g/mol. The van der Waals surface area contributed by atoms with Crippen LogP contribution in [0.5, 0.6) is 0 Å². The molecule has 0 bridgehead atoms. The normalized spacial score (nSPS) is 18.6. The summed E-state index contributed by atoms with van der Waals surface area (Å²) in [6.07, 6.45) is 4.23. The van der Waals surface area contributed by atoms with Gasteiger partial charge in [0.1, 0.15) is 0 Å². The fourth-order valence-corrected chi connectivity index (χ4v) is 4.96. The first-order valence-electron chi connectivity index (χ1n) is 8.52. The largest absolute Gasteiger partial charge is 0.341 e. The van der Waals surface area contributed by atoms with Crippen molar-refractivity contribution in [3.63, 3.8) is 0 Å². The fourth-order valence-electron chi connectivity index (χ4n) is 3.74. The van der Waals surface area contributed by atoms with Gasteiger partial charge in [-0.15, -0.1) is 0 Å². The summed E-state index contributed by atoms with van der Waals surface area (Å²) in [6, 6.07) is 11.7. The van der Waals surface area contributed by atoms with Crippen LogP contribution in [0.4, 0.5) is 8.78 Å². The molecule has 0 radical (unpaired) electrons. The average molecular weight is 474 g/mol. The molecule has 1 fully saturated rings. The van der Waals surface area contributed by atoms with E-state index in [0.29, 0.717) is 10.4 Å². The molecule has 0 saturated heterocycles.